The van der Waals surface area contributed by atoms with Gasteiger partial charge in [-0.25, -0.2) is 0 Å². The molecule has 2 aliphatic rings. The molecule has 22 heavy (non-hydrogen) atoms. The van der Waals surface area contributed by atoms with Gasteiger partial charge in [0.1, 0.15) is 0 Å². The van der Waals surface area contributed by atoms with Crippen LogP contribution in [0.1, 0.15) is 43.2 Å². The van der Waals surface area contributed by atoms with Crippen molar-refractivity contribution in [3.63, 3.8) is 0 Å². The number of nitrogens with zero attached hydrogens (tertiary/aromatic N) is 1. The number of hydrogen-bond acceptors (Lipinski definition) is 2. The average Bonchev–Trinajstić information content (AvgIpc) is 3.30. The highest BCUT2D eigenvalue weighted by Crippen LogP contribution is 2.23. The van der Waals surface area contributed by atoms with E-state index in [1.54, 1.807) is 0 Å². The number of carbonyl (C=O) groups excluding carboxylic acids is 1. The maximum Gasteiger partial charge on any atom is 0.234 e. The smallest absolute Gasteiger partial charge is 0.234 e. The standard InChI is InChI=1S/C19H28N2O/c1-15-5-2-3-7-17(15)9-8-16-6-4-12-21(13-16)14-19(22)20-18-10-11-18/h2-3,5,7,16,18H,4,6,8-14H2,1H3,(H,20,22). The molecule has 3 heteroatoms. The van der Waals surface area contributed by atoms with Crippen LogP contribution < -0.4 is 5.32 Å². The van der Waals surface area contributed by atoms with E-state index in [1.165, 1.54) is 49.7 Å². The van der Waals surface area contributed by atoms with E-state index in [0.717, 1.165) is 19.0 Å². The molecule has 0 aromatic heterocycles. The van der Waals surface area contributed by atoms with E-state index in [-0.39, 0.29) is 5.91 Å². The van der Waals surface area contributed by atoms with Crippen LogP contribution in [-0.4, -0.2) is 36.5 Å². The Balaban J connectivity index is 1.44. The van der Waals surface area contributed by atoms with Crippen LogP contribution in [0.15, 0.2) is 24.3 Å². The molecule has 120 valence electrons. The number of nitrogens with one attached hydrogen (secondary N) is 1. The fraction of sp³-hybridized carbons (Fsp3) is 0.632. The molecule has 1 amide bonds. The molecule has 1 aliphatic heterocycles. The predicted molar refractivity (Wildman–Crippen MR) is 89.8 cm³/mol. The lowest BCUT2D eigenvalue weighted by molar-refractivity contribution is -0.122. The topological polar surface area (TPSA) is 32.3 Å². The highest BCUT2D eigenvalue weighted by Gasteiger charge is 2.26. The minimum atomic E-state index is 0.224. The van der Waals surface area contributed by atoms with E-state index in [0.29, 0.717) is 12.6 Å². The highest BCUT2D eigenvalue weighted by atomic mass is 16.2. The molecule has 1 heterocycles. The number of piperidine rings is 1. The van der Waals surface area contributed by atoms with Crippen molar-refractivity contribution in [2.75, 3.05) is 19.6 Å². The number of hydrogen-bond donors (Lipinski definition) is 1. The Labute approximate surface area is 134 Å². The summed E-state index contributed by atoms with van der Waals surface area (Å²) in [4.78, 5) is 14.3. The molecule has 1 aromatic carbocycles. The van der Waals surface area contributed by atoms with Gasteiger partial charge in [0, 0.05) is 12.6 Å². The van der Waals surface area contributed by atoms with Crippen LogP contribution in [0.3, 0.4) is 0 Å². The van der Waals surface area contributed by atoms with Gasteiger partial charge in [0.25, 0.3) is 0 Å². The number of benzene rings is 1. The monoisotopic (exact) mass is 300 g/mol. The van der Waals surface area contributed by atoms with Gasteiger partial charge < -0.3 is 5.32 Å². The van der Waals surface area contributed by atoms with Crippen molar-refractivity contribution in [1.82, 2.24) is 10.2 Å². The molecule has 3 rings (SSSR count). The molecule has 1 saturated carbocycles. The fourth-order valence-corrected chi connectivity index (χ4v) is 3.48. The third-order valence-electron chi connectivity index (χ3n) is 5.00. The molecule has 1 saturated heterocycles. The van der Waals surface area contributed by atoms with E-state index in [9.17, 15) is 4.79 Å². The van der Waals surface area contributed by atoms with Gasteiger partial charge in [-0.05, 0) is 69.0 Å². The van der Waals surface area contributed by atoms with Crippen LogP contribution in [0, 0.1) is 12.8 Å². The molecular weight excluding hydrogens is 272 g/mol. The maximum absolute atomic E-state index is 11.9. The van der Waals surface area contributed by atoms with Crippen molar-refractivity contribution in [3.8, 4) is 0 Å². The van der Waals surface area contributed by atoms with Gasteiger partial charge in [0.15, 0.2) is 0 Å². The summed E-state index contributed by atoms with van der Waals surface area (Å²) in [5, 5.41) is 3.10. The number of carbonyl (C=O) groups is 1. The van der Waals surface area contributed by atoms with Gasteiger partial charge in [-0.15, -0.1) is 0 Å². The third-order valence-corrected chi connectivity index (χ3v) is 5.00. The molecule has 2 fully saturated rings. The Bertz CT molecular complexity index is 510. The number of likely N-dealkylation sites (tertiary alicyclic amines) is 1. The summed E-state index contributed by atoms with van der Waals surface area (Å²) in [5.74, 6) is 0.962. The van der Waals surface area contributed by atoms with Crippen LogP contribution in [0.2, 0.25) is 0 Å². The third kappa shape index (κ3) is 4.57. The number of rotatable bonds is 6. The Hall–Kier alpha value is -1.35. The van der Waals surface area contributed by atoms with Gasteiger partial charge in [0.05, 0.1) is 6.54 Å². The minimum Gasteiger partial charge on any atom is -0.352 e. The van der Waals surface area contributed by atoms with E-state index < -0.39 is 0 Å². The molecule has 1 atom stereocenters. The second-order valence-electron chi connectivity index (χ2n) is 7.05. The first-order chi connectivity index (χ1) is 10.7. The molecule has 1 N–H and O–H groups in total. The van der Waals surface area contributed by atoms with E-state index in [2.05, 4.69) is 41.4 Å². The zero-order valence-corrected chi connectivity index (χ0v) is 13.7. The van der Waals surface area contributed by atoms with Crippen LogP contribution in [0.5, 0.6) is 0 Å². The molecule has 1 aromatic rings. The Kier molecular flexibility index (Phi) is 5.14. The number of aryl methyl sites for hydroxylation is 2. The Morgan fingerprint density at radius 1 is 1.27 bits per heavy atom. The van der Waals surface area contributed by atoms with Crippen LogP contribution in [-0.2, 0) is 11.2 Å². The van der Waals surface area contributed by atoms with Crippen molar-refractivity contribution >= 4 is 5.91 Å². The lowest BCUT2D eigenvalue weighted by Gasteiger charge is -2.32. The van der Waals surface area contributed by atoms with Crippen LogP contribution in [0.25, 0.3) is 0 Å². The summed E-state index contributed by atoms with van der Waals surface area (Å²) in [6.07, 6.45) is 7.29. The summed E-state index contributed by atoms with van der Waals surface area (Å²) in [6, 6.07) is 9.18. The van der Waals surface area contributed by atoms with E-state index >= 15 is 0 Å². The highest BCUT2D eigenvalue weighted by molar-refractivity contribution is 5.78. The fourth-order valence-electron chi connectivity index (χ4n) is 3.48. The quantitative estimate of drug-likeness (QED) is 0.876. The van der Waals surface area contributed by atoms with Crippen molar-refractivity contribution in [1.29, 1.82) is 0 Å². The molecular formula is C19H28N2O. The molecule has 0 radical (unpaired) electrons. The molecule has 0 spiro atoms. The van der Waals surface area contributed by atoms with E-state index in [4.69, 9.17) is 0 Å². The number of amides is 1. The van der Waals surface area contributed by atoms with Crippen LogP contribution >= 0.6 is 0 Å². The van der Waals surface area contributed by atoms with Crippen molar-refractivity contribution < 1.29 is 4.79 Å². The van der Waals surface area contributed by atoms with Crippen molar-refractivity contribution in [3.05, 3.63) is 35.4 Å². The van der Waals surface area contributed by atoms with Gasteiger partial charge in [-0.2, -0.15) is 0 Å². The summed E-state index contributed by atoms with van der Waals surface area (Å²) in [6.45, 7) is 4.96. The average molecular weight is 300 g/mol. The van der Waals surface area contributed by atoms with Gasteiger partial charge in [-0.3, -0.25) is 9.69 Å². The first kappa shape index (κ1) is 15.5. The zero-order valence-electron chi connectivity index (χ0n) is 13.7. The minimum absolute atomic E-state index is 0.224. The van der Waals surface area contributed by atoms with Crippen molar-refractivity contribution in [2.45, 2.75) is 51.5 Å². The second-order valence-corrected chi connectivity index (χ2v) is 7.05. The van der Waals surface area contributed by atoms with Crippen molar-refractivity contribution in [2.24, 2.45) is 5.92 Å². The molecule has 0 bridgehead atoms. The molecule has 1 aliphatic carbocycles. The normalized spacial score (nSPS) is 22.5. The lowest BCUT2D eigenvalue weighted by Crippen LogP contribution is -2.43. The zero-order chi connectivity index (χ0) is 15.4. The van der Waals surface area contributed by atoms with E-state index in [1.807, 2.05) is 0 Å². The van der Waals surface area contributed by atoms with Crippen LogP contribution in [0.4, 0.5) is 0 Å². The summed E-state index contributed by atoms with van der Waals surface area (Å²) < 4.78 is 0. The Morgan fingerprint density at radius 2 is 2.09 bits per heavy atom. The lowest BCUT2D eigenvalue weighted by atomic mass is 9.90. The Morgan fingerprint density at radius 3 is 2.86 bits per heavy atom. The largest absolute Gasteiger partial charge is 0.352 e. The van der Waals surface area contributed by atoms with Gasteiger partial charge in [-0.1, -0.05) is 24.3 Å². The first-order valence-electron chi connectivity index (χ1n) is 8.77. The first-order valence-corrected chi connectivity index (χ1v) is 8.77. The maximum atomic E-state index is 11.9. The predicted octanol–water partition coefficient (Wildman–Crippen LogP) is 2.92. The summed E-state index contributed by atoms with van der Waals surface area (Å²) in [5.41, 5.74) is 2.88. The second kappa shape index (κ2) is 7.28. The summed E-state index contributed by atoms with van der Waals surface area (Å²) >= 11 is 0. The van der Waals surface area contributed by atoms with Gasteiger partial charge >= 0.3 is 0 Å². The SMILES string of the molecule is Cc1ccccc1CCC1CCCN(CC(=O)NC2CC2)C1. The molecule has 3 nitrogen and oxygen atoms in total. The summed E-state index contributed by atoms with van der Waals surface area (Å²) in [7, 11) is 0. The van der Waals surface area contributed by atoms with Gasteiger partial charge in [0.2, 0.25) is 5.91 Å². The molecule has 1 unspecified atom stereocenters.